The second kappa shape index (κ2) is 5.95. The van der Waals surface area contributed by atoms with Crippen LogP contribution >= 0.6 is 0 Å². The Morgan fingerprint density at radius 2 is 1.89 bits per heavy atom. The van der Waals surface area contributed by atoms with Crippen molar-refractivity contribution >= 4 is 11.8 Å². The number of nitrogens with zero attached hydrogens (tertiary/aromatic N) is 2. The van der Waals surface area contributed by atoms with E-state index < -0.39 is 5.97 Å². The molecule has 0 aliphatic heterocycles. The van der Waals surface area contributed by atoms with Crippen LogP contribution in [0.1, 0.15) is 28.8 Å². The second-order valence-corrected chi connectivity index (χ2v) is 4.25. The van der Waals surface area contributed by atoms with E-state index in [9.17, 15) is 9.59 Å². The number of benzene rings is 1. The number of rotatable bonds is 6. The fourth-order valence-electron chi connectivity index (χ4n) is 1.75. The van der Waals surface area contributed by atoms with Gasteiger partial charge < -0.3 is 9.67 Å². The van der Waals surface area contributed by atoms with Crippen molar-refractivity contribution in [3.8, 4) is 0 Å². The third-order valence-corrected chi connectivity index (χ3v) is 2.77. The smallest absolute Gasteiger partial charge is 0.303 e. The molecule has 0 saturated carbocycles. The largest absolute Gasteiger partial charge is 0.481 e. The standard InChI is InChI=1S/C14H14N2O3/c17-13(5-6-14(18)19)12-3-1-11(2-4-12)9-16-8-7-15-10-16/h1-4,7-8,10H,5-6,9H2,(H,18,19). The van der Waals surface area contributed by atoms with Gasteiger partial charge in [0.2, 0.25) is 0 Å². The number of carbonyl (C=O) groups is 2. The van der Waals surface area contributed by atoms with Crippen molar-refractivity contribution in [2.75, 3.05) is 0 Å². The fourth-order valence-corrected chi connectivity index (χ4v) is 1.75. The summed E-state index contributed by atoms with van der Waals surface area (Å²) in [5.74, 6) is -1.10. The molecule has 1 aromatic heterocycles. The van der Waals surface area contributed by atoms with Crippen molar-refractivity contribution in [2.24, 2.45) is 0 Å². The summed E-state index contributed by atoms with van der Waals surface area (Å²) in [5, 5.41) is 8.54. The molecule has 2 aromatic rings. The summed E-state index contributed by atoms with van der Waals surface area (Å²) >= 11 is 0. The summed E-state index contributed by atoms with van der Waals surface area (Å²) in [6.45, 7) is 0.698. The number of carboxylic acid groups (broad SMARTS) is 1. The van der Waals surface area contributed by atoms with Gasteiger partial charge in [-0.05, 0) is 5.56 Å². The van der Waals surface area contributed by atoms with Crippen LogP contribution in [0.25, 0.3) is 0 Å². The molecule has 98 valence electrons. The van der Waals surface area contributed by atoms with Crippen LogP contribution in [0.4, 0.5) is 0 Å². The first-order chi connectivity index (χ1) is 9.15. The first-order valence-electron chi connectivity index (χ1n) is 5.95. The number of carboxylic acids is 1. The summed E-state index contributed by atoms with van der Waals surface area (Å²) in [6.07, 6.45) is 5.22. The predicted molar refractivity (Wildman–Crippen MR) is 69.0 cm³/mol. The van der Waals surface area contributed by atoms with Crippen molar-refractivity contribution in [3.63, 3.8) is 0 Å². The maximum atomic E-state index is 11.7. The van der Waals surface area contributed by atoms with Crippen LogP contribution < -0.4 is 0 Å². The molecule has 0 bridgehead atoms. The fraction of sp³-hybridized carbons (Fsp3) is 0.214. The molecular weight excluding hydrogens is 244 g/mol. The molecule has 0 spiro atoms. The van der Waals surface area contributed by atoms with Crippen LogP contribution in [0.15, 0.2) is 43.0 Å². The minimum Gasteiger partial charge on any atom is -0.481 e. The quantitative estimate of drug-likeness (QED) is 0.804. The highest BCUT2D eigenvalue weighted by Crippen LogP contribution is 2.09. The Labute approximate surface area is 110 Å². The van der Waals surface area contributed by atoms with E-state index >= 15 is 0 Å². The van der Waals surface area contributed by atoms with Crippen molar-refractivity contribution in [3.05, 3.63) is 54.1 Å². The number of aliphatic carboxylic acids is 1. The van der Waals surface area contributed by atoms with Crippen LogP contribution in [0.5, 0.6) is 0 Å². The van der Waals surface area contributed by atoms with Gasteiger partial charge in [-0.2, -0.15) is 0 Å². The van der Waals surface area contributed by atoms with Crippen molar-refractivity contribution in [1.29, 1.82) is 0 Å². The van der Waals surface area contributed by atoms with E-state index in [1.54, 1.807) is 24.7 Å². The highest BCUT2D eigenvalue weighted by atomic mass is 16.4. The van der Waals surface area contributed by atoms with Crippen LogP contribution in [0, 0.1) is 0 Å². The van der Waals surface area contributed by atoms with Gasteiger partial charge >= 0.3 is 5.97 Å². The molecule has 0 aliphatic rings. The molecule has 0 amide bonds. The maximum Gasteiger partial charge on any atom is 0.303 e. The lowest BCUT2D eigenvalue weighted by Gasteiger charge is -2.04. The van der Waals surface area contributed by atoms with Gasteiger partial charge in [-0.15, -0.1) is 0 Å². The van der Waals surface area contributed by atoms with Crippen molar-refractivity contribution in [2.45, 2.75) is 19.4 Å². The molecule has 0 atom stereocenters. The number of carbonyl (C=O) groups excluding carboxylic acids is 1. The molecule has 0 saturated heterocycles. The molecule has 5 nitrogen and oxygen atoms in total. The topological polar surface area (TPSA) is 72.2 Å². The molecule has 0 fully saturated rings. The lowest BCUT2D eigenvalue weighted by atomic mass is 10.0. The predicted octanol–water partition coefficient (Wildman–Crippen LogP) is 1.98. The van der Waals surface area contributed by atoms with E-state index in [0.29, 0.717) is 12.1 Å². The maximum absolute atomic E-state index is 11.7. The van der Waals surface area contributed by atoms with Gasteiger partial charge in [-0.25, -0.2) is 4.98 Å². The van der Waals surface area contributed by atoms with E-state index in [1.807, 2.05) is 22.9 Å². The van der Waals surface area contributed by atoms with E-state index in [1.165, 1.54) is 0 Å². The van der Waals surface area contributed by atoms with Gasteiger partial charge in [0, 0.05) is 30.9 Å². The number of Topliss-reactive ketones (excluding diaryl/α,β-unsaturated/α-hetero) is 1. The lowest BCUT2D eigenvalue weighted by molar-refractivity contribution is -0.136. The Morgan fingerprint density at radius 3 is 2.47 bits per heavy atom. The van der Waals surface area contributed by atoms with E-state index in [0.717, 1.165) is 5.56 Å². The zero-order chi connectivity index (χ0) is 13.7. The van der Waals surface area contributed by atoms with Gasteiger partial charge in [0.1, 0.15) is 0 Å². The highest BCUT2D eigenvalue weighted by molar-refractivity contribution is 5.97. The molecule has 0 unspecified atom stereocenters. The van der Waals surface area contributed by atoms with Crippen LogP contribution in [-0.2, 0) is 11.3 Å². The lowest BCUT2D eigenvalue weighted by Crippen LogP contribution is -2.04. The highest BCUT2D eigenvalue weighted by Gasteiger charge is 2.08. The van der Waals surface area contributed by atoms with Crippen LogP contribution in [-0.4, -0.2) is 26.4 Å². The third kappa shape index (κ3) is 3.77. The Balaban J connectivity index is 1.98. The molecule has 1 N–H and O–H groups in total. The van der Waals surface area contributed by atoms with Gasteiger partial charge in [0.15, 0.2) is 5.78 Å². The summed E-state index contributed by atoms with van der Waals surface area (Å²) in [5.41, 5.74) is 1.61. The van der Waals surface area contributed by atoms with Gasteiger partial charge in [0.25, 0.3) is 0 Å². The zero-order valence-electron chi connectivity index (χ0n) is 10.3. The Bertz CT molecular complexity index is 559. The SMILES string of the molecule is O=C(O)CCC(=O)c1ccc(Cn2ccnc2)cc1. The number of ketones is 1. The summed E-state index contributed by atoms with van der Waals surface area (Å²) in [7, 11) is 0. The third-order valence-electron chi connectivity index (χ3n) is 2.77. The molecule has 19 heavy (non-hydrogen) atoms. The first kappa shape index (κ1) is 13.0. The Hall–Kier alpha value is -2.43. The second-order valence-electron chi connectivity index (χ2n) is 4.25. The number of aromatic nitrogens is 2. The summed E-state index contributed by atoms with van der Waals surface area (Å²) in [4.78, 5) is 26.1. The Kier molecular flexibility index (Phi) is 4.07. The molecule has 0 radical (unpaired) electrons. The van der Waals surface area contributed by atoms with Gasteiger partial charge in [0.05, 0.1) is 12.7 Å². The number of hydrogen-bond donors (Lipinski definition) is 1. The zero-order valence-corrected chi connectivity index (χ0v) is 10.3. The summed E-state index contributed by atoms with van der Waals surface area (Å²) in [6, 6.07) is 7.20. The molecular formula is C14H14N2O3. The first-order valence-corrected chi connectivity index (χ1v) is 5.95. The normalized spacial score (nSPS) is 10.3. The number of imidazole rings is 1. The molecule has 1 aromatic carbocycles. The van der Waals surface area contributed by atoms with Gasteiger partial charge in [-0.1, -0.05) is 24.3 Å². The minimum absolute atomic E-state index is 0.0379. The molecule has 1 heterocycles. The van der Waals surface area contributed by atoms with Crippen LogP contribution in [0.2, 0.25) is 0 Å². The van der Waals surface area contributed by atoms with Crippen molar-refractivity contribution in [1.82, 2.24) is 9.55 Å². The molecule has 2 rings (SSSR count). The molecule has 0 aliphatic carbocycles. The Morgan fingerprint density at radius 1 is 1.16 bits per heavy atom. The van der Waals surface area contributed by atoms with E-state index in [4.69, 9.17) is 5.11 Å². The average Bonchev–Trinajstić information content (AvgIpc) is 2.89. The monoisotopic (exact) mass is 258 g/mol. The van der Waals surface area contributed by atoms with E-state index in [2.05, 4.69) is 4.98 Å². The van der Waals surface area contributed by atoms with Crippen LogP contribution in [0.3, 0.4) is 0 Å². The van der Waals surface area contributed by atoms with E-state index in [-0.39, 0.29) is 18.6 Å². The van der Waals surface area contributed by atoms with Crippen molar-refractivity contribution < 1.29 is 14.7 Å². The molecule has 5 heteroatoms. The minimum atomic E-state index is -0.954. The number of hydrogen-bond acceptors (Lipinski definition) is 3. The van der Waals surface area contributed by atoms with Gasteiger partial charge in [-0.3, -0.25) is 9.59 Å². The average molecular weight is 258 g/mol. The summed E-state index contributed by atoms with van der Waals surface area (Å²) < 4.78 is 1.93.